The van der Waals surface area contributed by atoms with Crippen LogP contribution in [0.1, 0.15) is 38.8 Å². The van der Waals surface area contributed by atoms with Gasteiger partial charge in [0, 0.05) is 28.7 Å². The number of aromatic nitrogens is 2. The van der Waals surface area contributed by atoms with Crippen LogP contribution >= 0.6 is 0 Å². The molecule has 0 bridgehead atoms. The molecule has 0 aliphatic carbocycles. The standard InChI is InChI=1S/C16H8F6N2O.2C2H6/c17-15(18,19)8-1-4-11(23-7-8)9-2-5-12-10(3-6-13(25)24-12)14(9)16(20,21)22;2*1-2/h1-7H,(H,24,25);2*1-2H3. The molecule has 29 heavy (non-hydrogen) atoms. The number of fused-ring (bicyclic) bond motifs is 1. The van der Waals surface area contributed by atoms with E-state index in [0.717, 1.165) is 24.3 Å². The third kappa shape index (κ3) is 5.58. The molecule has 0 spiro atoms. The zero-order chi connectivity index (χ0) is 22.4. The Morgan fingerprint density at radius 2 is 1.41 bits per heavy atom. The van der Waals surface area contributed by atoms with Gasteiger partial charge in [0.2, 0.25) is 5.56 Å². The van der Waals surface area contributed by atoms with Crippen molar-refractivity contribution in [3.8, 4) is 11.3 Å². The normalized spacial score (nSPS) is 11.2. The fraction of sp³-hybridized carbons (Fsp3) is 0.300. The second-order valence-corrected chi connectivity index (χ2v) is 5.20. The first-order chi connectivity index (χ1) is 13.6. The summed E-state index contributed by atoms with van der Waals surface area (Å²) in [5, 5.41) is -0.272. The molecule has 0 saturated heterocycles. The fourth-order valence-electron chi connectivity index (χ4n) is 2.47. The summed E-state index contributed by atoms with van der Waals surface area (Å²) in [5.74, 6) is 0. The van der Waals surface area contributed by atoms with Gasteiger partial charge in [0.15, 0.2) is 0 Å². The highest BCUT2D eigenvalue weighted by Crippen LogP contribution is 2.41. The average molecular weight is 418 g/mol. The van der Waals surface area contributed by atoms with Crippen molar-refractivity contribution in [1.82, 2.24) is 9.97 Å². The molecule has 1 N–H and O–H groups in total. The Morgan fingerprint density at radius 3 is 1.90 bits per heavy atom. The van der Waals surface area contributed by atoms with E-state index in [-0.39, 0.29) is 22.2 Å². The molecule has 0 aliphatic heterocycles. The Kier molecular flexibility index (Phi) is 7.99. The number of aromatic amines is 1. The lowest BCUT2D eigenvalue weighted by molar-refractivity contribution is -0.138. The number of nitrogens with zero attached hydrogens (tertiary/aromatic N) is 1. The Morgan fingerprint density at radius 1 is 0.793 bits per heavy atom. The molecule has 2 heterocycles. The molecule has 0 radical (unpaired) electrons. The van der Waals surface area contributed by atoms with Gasteiger partial charge in [-0.05, 0) is 24.3 Å². The van der Waals surface area contributed by atoms with Crippen molar-refractivity contribution < 1.29 is 26.3 Å². The van der Waals surface area contributed by atoms with Crippen LogP contribution in [-0.2, 0) is 12.4 Å². The topological polar surface area (TPSA) is 45.8 Å². The molecule has 0 saturated carbocycles. The van der Waals surface area contributed by atoms with E-state index < -0.39 is 29.0 Å². The van der Waals surface area contributed by atoms with Gasteiger partial charge in [-0.15, -0.1) is 0 Å². The van der Waals surface area contributed by atoms with Gasteiger partial charge in [-0.1, -0.05) is 33.8 Å². The van der Waals surface area contributed by atoms with Crippen molar-refractivity contribution in [3.63, 3.8) is 0 Å². The van der Waals surface area contributed by atoms with Crippen LogP contribution in [0.2, 0.25) is 0 Å². The van der Waals surface area contributed by atoms with E-state index >= 15 is 0 Å². The molecule has 0 aliphatic rings. The number of nitrogens with one attached hydrogen (secondary N) is 1. The van der Waals surface area contributed by atoms with Crippen LogP contribution in [0.3, 0.4) is 0 Å². The van der Waals surface area contributed by atoms with Crippen molar-refractivity contribution in [2.75, 3.05) is 0 Å². The monoisotopic (exact) mass is 418 g/mol. The largest absolute Gasteiger partial charge is 0.417 e. The van der Waals surface area contributed by atoms with E-state index in [4.69, 9.17) is 0 Å². The highest BCUT2D eigenvalue weighted by molar-refractivity contribution is 5.89. The van der Waals surface area contributed by atoms with Crippen molar-refractivity contribution in [3.05, 3.63) is 64.1 Å². The molecule has 0 unspecified atom stereocenters. The van der Waals surface area contributed by atoms with Crippen molar-refractivity contribution in [2.45, 2.75) is 40.0 Å². The maximum atomic E-state index is 13.5. The van der Waals surface area contributed by atoms with Crippen LogP contribution in [0, 0.1) is 0 Å². The van der Waals surface area contributed by atoms with E-state index in [0.29, 0.717) is 12.3 Å². The number of hydrogen-bond acceptors (Lipinski definition) is 2. The molecular weight excluding hydrogens is 398 g/mol. The van der Waals surface area contributed by atoms with E-state index in [2.05, 4.69) is 9.97 Å². The zero-order valence-electron chi connectivity index (χ0n) is 16.2. The van der Waals surface area contributed by atoms with E-state index in [1.807, 2.05) is 27.7 Å². The Labute approximate surface area is 163 Å². The first-order valence-electron chi connectivity index (χ1n) is 8.84. The van der Waals surface area contributed by atoms with Gasteiger partial charge >= 0.3 is 12.4 Å². The minimum Gasteiger partial charge on any atom is -0.322 e. The van der Waals surface area contributed by atoms with Gasteiger partial charge in [0.25, 0.3) is 0 Å². The first-order valence-corrected chi connectivity index (χ1v) is 8.84. The predicted octanol–water partition coefficient (Wildman–Crippen LogP) is 6.68. The summed E-state index contributed by atoms with van der Waals surface area (Å²) in [6, 6.07) is 5.83. The van der Waals surface area contributed by atoms with E-state index in [1.165, 1.54) is 6.07 Å². The number of halogens is 6. The maximum Gasteiger partial charge on any atom is 0.417 e. The number of rotatable bonds is 1. The summed E-state index contributed by atoms with van der Waals surface area (Å²) in [6.45, 7) is 8.00. The van der Waals surface area contributed by atoms with Crippen molar-refractivity contribution in [1.29, 1.82) is 0 Å². The number of benzene rings is 1. The summed E-state index contributed by atoms with van der Waals surface area (Å²) in [6.07, 6.45) is -8.95. The first kappa shape index (κ1) is 24.2. The third-order valence-electron chi connectivity index (χ3n) is 3.55. The van der Waals surface area contributed by atoms with Gasteiger partial charge in [0.05, 0.1) is 16.8 Å². The lowest BCUT2D eigenvalue weighted by Gasteiger charge is -2.16. The summed E-state index contributed by atoms with van der Waals surface area (Å²) < 4.78 is 78.3. The molecule has 2 aromatic heterocycles. The smallest absolute Gasteiger partial charge is 0.322 e. The highest BCUT2D eigenvalue weighted by atomic mass is 19.4. The fourth-order valence-corrected chi connectivity index (χ4v) is 2.47. The van der Waals surface area contributed by atoms with Crippen LogP contribution in [0.4, 0.5) is 26.3 Å². The summed E-state index contributed by atoms with van der Waals surface area (Å²) >= 11 is 0. The second kappa shape index (κ2) is 9.58. The molecule has 9 heteroatoms. The summed E-state index contributed by atoms with van der Waals surface area (Å²) in [4.78, 5) is 17.1. The SMILES string of the molecule is CC.CC.O=c1ccc2c(C(F)(F)F)c(-c3ccc(C(F)(F)F)cn3)ccc2[nH]1. The minimum atomic E-state index is -4.79. The molecular formula is C20H20F6N2O. The Hall–Kier alpha value is -2.84. The molecule has 3 rings (SSSR count). The third-order valence-corrected chi connectivity index (χ3v) is 3.55. The summed E-state index contributed by atoms with van der Waals surface area (Å²) in [7, 11) is 0. The lowest BCUT2D eigenvalue weighted by atomic mass is 9.98. The molecule has 1 aromatic carbocycles. The van der Waals surface area contributed by atoms with Gasteiger partial charge < -0.3 is 4.98 Å². The lowest BCUT2D eigenvalue weighted by Crippen LogP contribution is -2.11. The highest BCUT2D eigenvalue weighted by Gasteiger charge is 2.36. The van der Waals surface area contributed by atoms with Crippen LogP contribution in [-0.4, -0.2) is 9.97 Å². The minimum absolute atomic E-state index is 0.0320. The van der Waals surface area contributed by atoms with E-state index in [1.54, 1.807) is 0 Å². The zero-order valence-corrected chi connectivity index (χ0v) is 16.2. The van der Waals surface area contributed by atoms with Crippen molar-refractivity contribution in [2.24, 2.45) is 0 Å². The number of H-pyrrole nitrogens is 1. The number of hydrogen-bond donors (Lipinski definition) is 1. The molecule has 0 amide bonds. The number of pyridine rings is 2. The van der Waals surface area contributed by atoms with Gasteiger partial charge in [0.1, 0.15) is 0 Å². The number of alkyl halides is 6. The quantitative estimate of drug-likeness (QED) is 0.448. The van der Waals surface area contributed by atoms with Gasteiger partial charge in [-0.25, -0.2) is 0 Å². The maximum absolute atomic E-state index is 13.5. The molecule has 3 nitrogen and oxygen atoms in total. The Bertz CT molecular complexity index is 989. The van der Waals surface area contributed by atoms with Gasteiger partial charge in [-0.2, -0.15) is 26.3 Å². The van der Waals surface area contributed by atoms with Crippen LogP contribution in [0.5, 0.6) is 0 Å². The van der Waals surface area contributed by atoms with Crippen LogP contribution < -0.4 is 5.56 Å². The molecule has 0 atom stereocenters. The summed E-state index contributed by atoms with van der Waals surface area (Å²) in [5.41, 5.74) is -3.37. The Balaban J connectivity index is 0.000000989. The molecule has 0 fully saturated rings. The van der Waals surface area contributed by atoms with Crippen LogP contribution in [0.15, 0.2) is 47.4 Å². The molecule has 158 valence electrons. The van der Waals surface area contributed by atoms with Crippen molar-refractivity contribution >= 4 is 10.9 Å². The predicted molar refractivity (Wildman–Crippen MR) is 100 cm³/mol. The second-order valence-electron chi connectivity index (χ2n) is 5.20. The van der Waals surface area contributed by atoms with Crippen LogP contribution in [0.25, 0.3) is 22.2 Å². The average Bonchev–Trinajstić information content (AvgIpc) is 2.69. The van der Waals surface area contributed by atoms with E-state index in [9.17, 15) is 31.1 Å². The molecule has 3 aromatic rings. The van der Waals surface area contributed by atoms with Gasteiger partial charge in [-0.3, -0.25) is 9.78 Å².